The minimum Gasteiger partial charge on any atom is -0.326 e. The smallest absolute Gasteiger partial charge is 0.221 e. The fourth-order valence-electron chi connectivity index (χ4n) is 2.29. The van der Waals surface area contributed by atoms with Gasteiger partial charge in [-0.25, -0.2) is 0 Å². The van der Waals surface area contributed by atoms with Gasteiger partial charge in [0.1, 0.15) is 0 Å². The monoisotopic (exact) mass is 328 g/mol. The van der Waals surface area contributed by atoms with E-state index in [-0.39, 0.29) is 30.1 Å². The summed E-state index contributed by atoms with van der Waals surface area (Å²) in [5.41, 5.74) is 1.42. The van der Waals surface area contributed by atoms with Gasteiger partial charge in [-0.15, -0.1) is 12.4 Å². The number of ketones is 1. The van der Waals surface area contributed by atoms with Crippen molar-refractivity contribution < 1.29 is 9.59 Å². The number of Topliss-reactive ketones (excluding diaryl/α,β-unsaturated/α-hetero) is 1. The lowest BCUT2D eigenvalue weighted by atomic mass is 10.0. The number of carbonyl (C=O) groups is 2. The number of nitrogens with one attached hydrogen (secondary N) is 1. The Bertz CT molecular complexity index is 487. The quantitative estimate of drug-likeness (QED) is 0.863. The van der Waals surface area contributed by atoms with Crippen LogP contribution in [0.25, 0.3) is 0 Å². The Morgan fingerprint density at radius 2 is 1.76 bits per heavy atom. The minimum atomic E-state index is -0.108. The van der Waals surface area contributed by atoms with Crippen molar-refractivity contribution in [2.24, 2.45) is 0 Å². The predicted octanol–water partition coefficient (Wildman–Crippen LogP) is 2.69. The SMILES string of the molecule is CC(=O)Nc1ccc(C(=O)C(C)N2CCSCC2)cc1.Cl. The number of benzene rings is 1. The van der Waals surface area contributed by atoms with Crippen LogP contribution in [0.15, 0.2) is 24.3 Å². The second-order valence-electron chi connectivity index (χ2n) is 4.95. The fraction of sp³-hybridized carbons (Fsp3) is 0.467. The average molecular weight is 329 g/mol. The first-order valence-electron chi connectivity index (χ1n) is 6.81. The lowest BCUT2D eigenvalue weighted by molar-refractivity contribution is -0.114. The number of carbonyl (C=O) groups excluding carboxylic acids is 2. The van der Waals surface area contributed by atoms with Crippen LogP contribution in [-0.2, 0) is 4.79 Å². The summed E-state index contributed by atoms with van der Waals surface area (Å²) in [4.78, 5) is 25.6. The number of hydrogen-bond acceptors (Lipinski definition) is 4. The molecule has 6 heteroatoms. The second-order valence-corrected chi connectivity index (χ2v) is 6.17. The summed E-state index contributed by atoms with van der Waals surface area (Å²) in [7, 11) is 0. The van der Waals surface area contributed by atoms with E-state index < -0.39 is 0 Å². The molecule has 1 aliphatic rings. The zero-order valence-corrected chi connectivity index (χ0v) is 13.9. The van der Waals surface area contributed by atoms with Gasteiger partial charge in [0.2, 0.25) is 5.91 Å². The highest BCUT2D eigenvalue weighted by atomic mass is 35.5. The molecule has 1 saturated heterocycles. The number of hydrogen-bond donors (Lipinski definition) is 1. The van der Waals surface area contributed by atoms with Crippen LogP contribution >= 0.6 is 24.2 Å². The zero-order chi connectivity index (χ0) is 14.5. The van der Waals surface area contributed by atoms with Gasteiger partial charge < -0.3 is 5.32 Å². The molecule has 1 amide bonds. The second kappa shape index (κ2) is 8.41. The van der Waals surface area contributed by atoms with Crippen LogP contribution < -0.4 is 5.32 Å². The van der Waals surface area contributed by atoms with Crippen LogP contribution in [0.2, 0.25) is 0 Å². The van der Waals surface area contributed by atoms with E-state index in [1.54, 1.807) is 24.3 Å². The third-order valence-corrected chi connectivity index (χ3v) is 4.41. The number of thioether (sulfide) groups is 1. The minimum absolute atomic E-state index is 0. The largest absolute Gasteiger partial charge is 0.326 e. The van der Waals surface area contributed by atoms with Crippen molar-refractivity contribution >= 4 is 41.5 Å². The summed E-state index contributed by atoms with van der Waals surface area (Å²) < 4.78 is 0. The molecule has 21 heavy (non-hydrogen) atoms. The molecule has 0 radical (unpaired) electrons. The molecule has 0 spiro atoms. The van der Waals surface area contributed by atoms with Crippen LogP contribution in [0.1, 0.15) is 24.2 Å². The van der Waals surface area contributed by atoms with Crippen molar-refractivity contribution in [1.29, 1.82) is 0 Å². The summed E-state index contributed by atoms with van der Waals surface area (Å²) in [5.74, 6) is 2.23. The Balaban J connectivity index is 0.00000220. The van der Waals surface area contributed by atoms with Gasteiger partial charge in [0, 0.05) is 42.8 Å². The van der Waals surface area contributed by atoms with Crippen LogP contribution in [0.5, 0.6) is 0 Å². The highest BCUT2D eigenvalue weighted by Crippen LogP contribution is 2.17. The summed E-state index contributed by atoms with van der Waals surface area (Å²) >= 11 is 1.94. The predicted molar refractivity (Wildman–Crippen MR) is 90.7 cm³/mol. The Kier molecular flexibility index (Phi) is 7.22. The molecule has 1 atom stereocenters. The Labute approximate surface area is 136 Å². The van der Waals surface area contributed by atoms with E-state index in [1.807, 2.05) is 18.7 Å². The molecular formula is C15H21ClN2O2S. The number of rotatable bonds is 4. The molecule has 4 nitrogen and oxygen atoms in total. The normalized spacial score (nSPS) is 16.7. The Morgan fingerprint density at radius 3 is 2.29 bits per heavy atom. The van der Waals surface area contributed by atoms with Gasteiger partial charge in [-0.3, -0.25) is 14.5 Å². The lowest BCUT2D eigenvalue weighted by Crippen LogP contribution is -2.43. The summed E-state index contributed by atoms with van der Waals surface area (Å²) in [6.45, 7) is 5.39. The van der Waals surface area contributed by atoms with Gasteiger partial charge in [-0.1, -0.05) is 0 Å². The molecule has 1 aromatic rings. The number of anilines is 1. The van der Waals surface area contributed by atoms with E-state index in [2.05, 4.69) is 10.2 Å². The molecule has 1 aliphatic heterocycles. The van der Waals surface area contributed by atoms with Crippen LogP contribution in [0.4, 0.5) is 5.69 Å². The van der Waals surface area contributed by atoms with Gasteiger partial charge in [0.15, 0.2) is 5.78 Å². The molecule has 0 bridgehead atoms. The highest BCUT2D eigenvalue weighted by molar-refractivity contribution is 7.99. The standard InChI is InChI=1S/C15H20N2O2S.ClH/c1-11(17-7-9-20-10-8-17)15(19)13-3-5-14(6-4-13)16-12(2)18;/h3-6,11H,7-10H2,1-2H3,(H,16,18);1H. The van der Waals surface area contributed by atoms with Crippen molar-refractivity contribution in [2.75, 3.05) is 29.9 Å². The lowest BCUT2D eigenvalue weighted by Gasteiger charge is -2.31. The number of amides is 1. The fourth-order valence-corrected chi connectivity index (χ4v) is 3.22. The van der Waals surface area contributed by atoms with E-state index in [0.717, 1.165) is 30.3 Å². The maximum absolute atomic E-state index is 12.4. The molecule has 1 aromatic carbocycles. The Morgan fingerprint density at radius 1 is 1.19 bits per heavy atom. The van der Waals surface area contributed by atoms with Crippen molar-refractivity contribution in [3.8, 4) is 0 Å². The maximum atomic E-state index is 12.4. The van der Waals surface area contributed by atoms with Crippen LogP contribution in [0.3, 0.4) is 0 Å². The van der Waals surface area contributed by atoms with E-state index in [1.165, 1.54) is 6.92 Å². The molecular weight excluding hydrogens is 308 g/mol. The van der Waals surface area contributed by atoms with Crippen LogP contribution in [0, 0.1) is 0 Å². The maximum Gasteiger partial charge on any atom is 0.221 e. The van der Waals surface area contributed by atoms with Crippen molar-refractivity contribution in [2.45, 2.75) is 19.9 Å². The van der Waals surface area contributed by atoms with E-state index in [0.29, 0.717) is 5.56 Å². The van der Waals surface area contributed by atoms with Crippen molar-refractivity contribution in [3.05, 3.63) is 29.8 Å². The van der Waals surface area contributed by atoms with E-state index in [4.69, 9.17) is 0 Å². The first-order chi connectivity index (χ1) is 9.58. The molecule has 116 valence electrons. The van der Waals surface area contributed by atoms with Gasteiger partial charge in [-0.2, -0.15) is 11.8 Å². The summed E-state index contributed by atoms with van der Waals surface area (Å²) in [6, 6.07) is 7.02. The Hall–Kier alpha value is -1.04. The van der Waals surface area contributed by atoms with Gasteiger partial charge in [0.25, 0.3) is 0 Å². The van der Waals surface area contributed by atoms with Gasteiger partial charge in [-0.05, 0) is 31.2 Å². The van der Waals surface area contributed by atoms with Crippen molar-refractivity contribution in [3.63, 3.8) is 0 Å². The van der Waals surface area contributed by atoms with Crippen LogP contribution in [-0.4, -0.2) is 47.2 Å². The molecule has 1 unspecified atom stereocenters. The molecule has 1 heterocycles. The third-order valence-electron chi connectivity index (χ3n) is 3.46. The molecule has 2 rings (SSSR count). The average Bonchev–Trinajstić information content (AvgIpc) is 2.47. The molecule has 1 fully saturated rings. The molecule has 1 N–H and O–H groups in total. The van der Waals surface area contributed by atoms with Crippen molar-refractivity contribution in [1.82, 2.24) is 4.90 Å². The number of nitrogens with zero attached hydrogens (tertiary/aromatic N) is 1. The summed E-state index contributed by atoms with van der Waals surface area (Å²) in [6.07, 6.45) is 0. The zero-order valence-electron chi connectivity index (χ0n) is 12.3. The van der Waals surface area contributed by atoms with Gasteiger partial charge >= 0.3 is 0 Å². The molecule has 0 saturated carbocycles. The summed E-state index contributed by atoms with van der Waals surface area (Å²) in [5, 5.41) is 2.70. The third kappa shape index (κ3) is 5.02. The van der Waals surface area contributed by atoms with E-state index >= 15 is 0 Å². The first kappa shape index (κ1) is 18.0. The molecule has 0 aromatic heterocycles. The highest BCUT2D eigenvalue weighted by Gasteiger charge is 2.23. The topological polar surface area (TPSA) is 49.4 Å². The van der Waals surface area contributed by atoms with Gasteiger partial charge in [0.05, 0.1) is 6.04 Å². The first-order valence-corrected chi connectivity index (χ1v) is 7.97. The molecule has 0 aliphatic carbocycles. The number of halogens is 1. The van der Waals surface area contributed by atoms with E-state index in [9.17, 15) is 9.59 Å².